The van der Waals surface area contributed by atoms with Gasteiger partial charge >= 0.3 is 0 Å². The van der Waals surface area contributed by atoms with Crippen molar-refractivity contribution >= 4 is 11.6 Å². The van der Waals surface area contributed by atoms with Gasteiger partial charge in [-0.2, -0.15) is 0 Å². The standard InChI is InChI=1S/C15H20ClFN2/c16-15-11(4-1-5-13(15)17)8-19-7-10-3-2-6-14(18)12(10)9-19/h1,4-5,10,12,14H,2-3,6-9,18H2. The highest BCUT2D eigenvalue weighted by Crippen LogP contribution is 2.36. The van der Waals surface area contributed by atoms with Crippen LogP contribution in [0.4, 0.5) is 4.39 Å². The van der Waals surface area contributed by atoms with Crippen LogP contribution in [0.2, 0.25) is 5.02 Å². The Bertz CT molecular complexity index is 465. The maximum absolute atomic E-state index is 13.4. The maximum atomic E-state index is 13.4. The zero-order valence-electron chi connectivity index (χ0n) is 11.0. The zero-order valence-corrected chi connectivity index (χ0v) is 11.7. The Balaban J connectivity index is 1.70. The van der Waals surface area contributed by atoms with Crippen LogP contribution in [-0.4, -0.2) is 24.0 Å². The summed E-state index contributed by atoms with van der Waals surface area (Å²) >= 11 is 6.03. The van der Waals surface area contributed by atoms with Crippen molar-refractivity contribution in [2.45, 2.75) is 31.8 Å². The Morgan fingerprint density at radius 2 is 2.16 bits per heavy atom. The summed E-state index contributed by atoms with van der Waals surface area (Å²) in [5.41, 5.74) is 7.10. The number of rotatable bonds is 2. The van der Waals surface area contributed by atoms with Gasteiger partial charge in [0.15, 0.2) is 0 Å². The summed E-state index contributed by atoms with van der Waals surface area (Å²) in [6.45, 7) is 2.83. The van der Waals surface area contributed by atoms with Crippen LogP contribution in [0.1, 0.15) is 24.8 Å². The molecule has 1 aliphatic heterocycles. The normalized spacial score (nSPS) is 31.4. The van der Waals surface area contributed by atoms with Gasteiger partial charge in [-0.1, -0.05) is 30.2 Å². The van der Waals surface area contributed by atoms with Gasteiger partial charge in [0, 0.05) is 25.7 Å². The highest BCUT2D eigenvalue weighted by molar-refractivity contribution is 6.31. The lowest BCUT2D eigenvalue weighted by Gasteiger charge is -2.29. The Labute approximate surface area is 118 Å². The summed E-state index contributed by atoms with van der Waals surface area (Å²) in [6.07, 6.45) is 3.68. The number of benzene rings is 1. The van der Waals surface area contributed by atoms with E-state index in [0.29, 0.717) is 12.0 Å². The minimum atomic E-state index is -0.326. The van der Waals surface area contributed by atoms with Crippen LogP contribution in [0.3, 0.4) is 0 Å². The topological polar surface area (TPSA) is 29.3 Å². The molecule has 2 aliphatic rings. The average molecular weight is 283 g/mol. The van der Waals surface area contributed by atoms with Gasteiger partial charge < -0.3 is 5.73 Å². The highest BCUT2D eigenvalue weighted by atomic mass is 35.5. The molecule has 1 aliphatic carbocycles. The number of halogens is 2. The van der Waals surface area contributed by atoms with E-state index in [-0.39, 0.29) is 10.8 Å². The summed E-state index contributed by atoms with van der Waals surface area (Å²) in [7, 11) is 0. The molecule has 1 aromatic rings. The lowest BCUT2D eigenvalue weighted by Crippen LogP contribution is -2.38. The molecule has 0 spiro atoms. The Kier molecular flexibility index (Phi) is 3.79. The van der Waals surface area contributed by atoms with E-state index in [1.807, 2.05) is 6.07 Å². The first-order valence-electron chi connectivity index (χ1n) is 7.06. The largest absolute Gasteiger partial charge is 0.327 e. The van der Waals surface area contributed by atoms with E-state index in [9.17, 15) is 4.39 Å². The van der Waals surface area contributed by atoms with E-state index in [0.717, 1.165) is 37.5 Å². The number of nitrogens with two attached hydrogens (primary N) is 1. The van der Waals surface area contributed by atoms with E-state index in [1.54, 1.807) is 6.07 Å². The Morgan fingerprint density at radius 1 is 1.32 bits per heavy atom. The molecule has 0 amide bonds. The predicted octanol–water partition coefficient (Wildman–Crippen LogP) is 3.04. The fraction of sp³-hybridized carbons (Fsp3) is 0.600. The molecule has 1 saturated heterocycles. The fourth-order valence-electron chi connectivity index (χ4n) is 3.65. The summed E-state index contributed by atoms with van der Waals surface area (Å²) in [5, 5.41) is 0.265. The third-order valence-electron chi connectivity index (χ3n) is 4.66. The lowest BCUT2D eigenvalue weighted by molar-refractivity contribution is 0.259. The molecule has 2 fully saturated rings. The second kappa shape index (κ2) is 5.39. The molecule has 104 valence electrons. The SMILES string of the molecule is NC1CCCC2CN(Cc3cccc(F)c3Cl)CC12. The van der Waals surface area contributed by atoms with Crippen LogP contribution < -0.4 is 5.73 Å². The predicted molar refractivity (Wildman–Crippen MR) is 75.5 cm³/mol. The van der Waals surface area contributed by atoms with Crippen LogP contribution in [0.5, 0.6) is 0 Å². The van der Waals surface area contributed by atoms with Crippen molar-refractivity contribution in [2.24, 2.45) is 17.6 Å². The molecule has 2 nitrogen and oxygen atoms in total. The molecule has 1 heterocycles. The van der Waals surface area contributed by atoms with Gasteiger partial charge in [-0.15, -0.1) is 0 Å². The number of likely N-dealkylation sites (tertiary alicyclic amines) is 1. The molecule has 3 unspecified atom stereocenters. The number of fused-ring (bicyclic) bond motifs is 1. The van der Waals surface area contributed by atoms with Crippen molar-refractivity contribution < 1.29 is 4.39 Å². The van der Waals surface area contributed by atoms with E-state index >= 15 is 0 Å². The monoisotopic (exact) mass is 282 g/mol. The van der Waals surface area contributed by atoms with Gasteiger partial charge in [-0.05, 0) is 36.3 Å². The fourth-order valence-corrected chi connectivity index (χ4v) is 3.84. The van der Waals surface area contributed by atoms with Crippen molar-refractivity contribution in [2.75, 3.05) is 13.1 Å². The van der Waals surface area contributed by atoms with Crippen LogP contribution in [0, 0.1) is 17.7 Å². The molecule has 0 bridgehead atoms. The summed E-state index contributed by atoms with van der Waals surface area (Å²) in [6, 6.07) is 5.39. The van der Waals surface area contributed by atoms with Crippen LogP contribution in [-0.2, 0) is 6.54 Å². The van der Waals surface area contributed by atoms with Crippen molar-refractivity contribution in [3.8, 4) is 0 Å². The van der Waals surface area contributed by atoms with Crippen LogP contribution in [0.15, 0.2) is 18.2 Å². The third kappa shape index (κ3) is 2.64. The highest BCUT2D eigenvalue weighted by Gasteiger charge is 2.38. The molecule has 19 heavy (non-hydrogen) atoms. The first-order chi connectivity index (χ1) is 9.15. The Morgan fingerprint density at radius 3 is 2.95 bits per heavy atom. The van der Waals surface area contributed by atoms with Gasteiger partial charge in [0.25, 0.3) is 0 Å². The molecule has 1 saturated carbocycles. The quantitative estimate of drug-likeness (QED) is 0.903. The van der Waals surface area contributed by atoms with Crippen molar-refractivity contribution in [3.05, 3.63) is 34.6 Å². The first-order valence-corrected chi connectivity index (χ1v) is 7.44. The minimum absolute atomic E-state index is 0.265. The lowest BCUT2D eigenvalue weighted by atomic mass is 9.78. The molecule has 3 rings (SSSR count). The molecule has 4 heteroatoms. The van der Waals surface area contributed by atoms with Crippen LogP contribution in [0.25, 0.3) is 0 Å². The third-order valence-corrected chi connectivity index (χ3v) is 5.08. The van der Waals surface area contributed by atoms with Crippen molar-refractivity contribution in [1.29, 1.82) is 0 Å². The first kappa shape index (κ1) is 13.3. The van der Waals surface area contributed by atoms with Gasteiger partial charge in [0.2, 0.25) is 0 Å². The van der Waals surface area contributed by atoms with Gasteiger partial charge in [0.1, 0.15) is 5.82 Å². The van der Waals surface area contributed by atoms with Crippen LogP contribution >= 0.6 is 11.6 Å². The van der Waals surface area contributed by atoms with Gasteiger partial charge in [-0.25, -0.2) is 4.39 Å². The molecule has 0 radical (unpaired) electrons. The molecule has 0 aromatic heterocycles. The molecule has 2 N–H and O–H groups in total. The average Bonchev–Trinajstić information content (AvgIpc) is 2.79. The Hall–Kier alpha value is -0.640. The van der Waals surface area contributed by atoms with E-state index < -0.39 is 0 Å². The summed E-state index contributed by atoms with van der Waals surface area (Å²) < 4.78 is 13.4. The van der Waals surface area contributed by atoms with Crippen molar-refractivity contribution in [3.63, 3.8) is 0 Å². The smallest absolute Gasteiger partial charge is 0.142 e. The minimum Gasteiger partial charge on any atom is -0.327 e. The number of nitrogens with zero attached hydrogens (tertiary/aromatic N) is 1. The maximum Gasteiger partial charge on any atom is 0.142 e. The number of hydrogen-bond acceptors (Lipinski definition) is 2. The second-order valence-electron chi connectivity index (χ2n) is 5.93. The molecular weight excluding hydrogens is 263 g/mol. The van der Waals surface area contributed by atoms with Crippen molar-refractivity contribution in [1.82, 2.24) is 4.90 Å². The second-order valence-corrected chi connectivity index (χ2v) is 6.30. The number of hydrogen-bond donors (Lipinski definition) is 1. The van der Waals surface area contributed by atoms with E-state index in [4.69, 9.17) is 17.3 Å². The molecular formula is C15H20ClFN2. The molecule has 3 atom stereocenters. The van der Waals surface area contributed by atoms with E-state index in [2.05, 4.69) is 4.90 Å². The summed E-state index contributed by atoms with van der Waals surface area (Å²) in [5.74, 6) is 1.00. The molecule has 1 aromatic carbocycles. The van der Waals surface area contributed by atoms with Gasteiger partial charge in [0.05, 0.1) is 5.02 Å². The summed E-state index contributed by atoms with van der Waals surface area (Å²) in [4.78, 5) is 2.38. The van der Waals surface area contributed by atoms with E-state index in [1.165, 1.54) is 18.9 Å². The van der Waals surface area contributed by atoms with Gasteiger partial charge in [-0.3, -0.25) is 4.90 Å². The zero-order chi connectivity index (χ0) is 13.4.